The lowest BCUT2D eigenvalue weighted by molar-refractivity contribution is -0.144. The van der Waals surface area contributed by atoms with E-state index < -0.39 is 0 Å². The van der Waals surface area contributed by atoms with Crippen LogP contribution < -0.4 is 20.9 Å². The van der Waals surface area contributed by atoms with Crippen molar-refractivity contribution in [2.24, 2.45) is 0 Å². The van der Waals surface area contributed by atoms with Crippen molar-refractivity contribution in [3.8, 4) is 0 Å². The van der Waals surface area contributed by atoms with Crippen LogP contribution in [0, 0.1) is 13.8 Å². The fraction of sp³-hybridized carbons (Fsp3) is 0.333. The van der Waals surface area contributed by atoms with E-state index in [2.05, 4.69) is 35.7 Å². The van der Waals surface area contributed by atoms with Crippen LogP contribution >= 0.6 is 0 Å². The van der Waals surface area contributed by atoms with Gasteiger partial charge in [0.1, 0.15) is 17.5 Å². The Balaban J connectivity index is 1.36. The molecular formula is C27H33N7O3. The van der Waals surface area contributed by atoms with E-state index in [1.54, 1.807) is 0 Å². The number of nitrogens with one attached hydrogen (secondary N) is 3. The standard InChI is InChI=1S/C27H33N7O3/c1-4-37-26(35)18-33-11-13-34(14-12-33)25-17-24(28-20(3)29-25)30-22-9-6-10-23(16-22)32-27(36)31-21-8-5-7-19(2)15-21/h5-10,15-17H,4,11-14,18H2,1-3H3,(H,28,29,30)(H2,31,32,36). The maximum atomic E-state index is 12.4. The zero-order valence-corrected chi connectivity index (χ0v) is 21.5. The van der Waals surface area contributed by atoms with Gasteiger partial charge in [0.15, 0.2) is 0 Å². The molecule has 0 bridgehead atoms. The number of anilines is 5. The molecule has 0 atom stereocenters. The summed E-state index contributed by atoms with van der Waals surface area (Å²) in [4.78, 5) is 37.6. The van der Waals surface area contributed by atoms with Crippen molar-refractivity contribution in [3.05, 3.63) is 66.0 Å². The van der Waals surface area contributed by atoms with Gasteiger partial charge in [0, 0.05) is 49.3 Å². The van der Waals surface area contributed by atoms with Gasteiger partial charge in [-0.15, -0.1) is 0 Å². The Bertz CT molecular complexity index is 1240. The number of rotatable bonds is 8. The number of carbonyl (C=O) groups excluding carboxylic acids is 2. The zero-order valence-electron chi connectivity index (χ0n) is 21.5. The first-order valence-corrected chi connectivity index (χ1v) is 12.4. The number of aromatic nitrogens is 2. The molecule has 0 aliphatic carbocycles. The molecule has 2 heterocycles. The number of nitrogens with zero attached hydrogens (tertiary/aromatic N) is 4. The fourth-order valence-corrected chi connectivity index (χ4v) is 4.14. The van der Waals surface area contributed by atoms with E-state index in [4.69, 9.17) is 4.74 Å². The maximum Gasteiger partial charge on any atom is 0.323 e. The normalized spacial score (nSPS) is 13.6. The molecule has 37 heavy (non-hydrogen) atoms. The third-order valence-corrected chi connectivity index (χ3v) is 5.85. The molecule has 194 valence electrons. The molecule has 0 saturated carbocycles. The molecule has 1 aliphatic rings. The smallest absolute Gasteiger partial charge is 0.323 e. The molecule has 1 aliphatic heterocycles. The van der Waals surface area contributed by atoms with E-state index in [1.807, 2.05) is 75.4 Å². The van der Waals surface area contributed by atoms with Gasteiger partial charge in [-0.3, -0.25) is 9.69 Å². The van der Waals surface area contributed by atoms with Crippen LogP contribution in [-0.4, -0.2) is 66.2 Å². The summed E-state index contributed by atoms with van der Waals surface area (Å²) >= 11 is 0. The molecule has 1 aromatic heterocycles. The van der Waals surface area contributed by atoms with Crippen molar-refractivity contribution in [2.45, 2.75) is 20.8 Å². The molecule has 2 amide bonds. The van der Waals surface area contributed by atoms with Crippen molar-refractivity contribution in [3.63, 3.8) is 0 Å². The monoisotopic (exact) mass is 503 g/mol. The number of ether oxygens (including phenoxy) is 1. The predicted molar refractivity (Wildman–Crippen MR) is 146 cm³/mol. The highest BCUT2D eigenvalue weighted by atomic mass is 16.5. The third kappa shape index (κ3) is 7.65. The Morgan fingerprint density at radius 2 is 1.57 bits per heavy atom. The molecular weight excluding hydrogens is 470 g/mol. The van der Waals surface area contributed by atoms with Crippen LogP contribution in [-0.2, 0) is 9.53 Å². The van der Waals surface area contributed by atoms with Gasteiger partial charge in [-0.2, -0.15) is 0 Å². The summed E-state index contributed by atoms with van der Waals surface area (Å²) in [5.41, 5.74) is 3.25. The quantitative estimate of drug-likeness (QED) is 0.393. The Morgan fingerprint density at radius 1 is 0.892 bits per heavy atom. The van der Waals surface area contributed by atoms with Gasteiger partial charge in [-0.25, -0.2) is 14.8 Å². The molecule has 3 N–H and O–H groups in total. The minimum absolute atomic E-state index is 0.190. The number of aryl methyl sites for hydroxylation is 2. The SMILES string of the molecule is CCOC(=O)CN1CCN(c2cc(Nc3cccc(NC(=O)Nc4cccc(C)c4)c3)nc(C)n2)CC1. The van der Waals surface area contributed by atoms with Crippen molar-refractivity contribution in [1.29, 1.82) is 0 Å². The second-order valence-corrected chi connectivity index (χ2v) is 8.88. The Hall–Kier alpha value is -4.18. The van der Waals surface area contributed by atoms with Gasteiger partial charge in [0.05, 0.1) is 13.2 Å². The average molecular weight is 504 g/mol. The summed E-state index contributed by atoms with van der Waals surface area (Å²) in [6.07, 6.45) is 0. The zero-order chi connectivity index (χ0) is 26.2. The molecule has 3 aromatic rings. The number of amides is 2. The van der Waals surface area contributed by atoms with Gasteiger partial charge >= 0.3 is 12.0 Å². The third-order valence-electron chi connectivity index (χ3n) is 5.85. The first-order chi connectivity index (χ1) is 17.9. The van der Waals surface area contributed by atoms with Crippen molar-refractivity contribution in [2.75, 3.05) is 60.2 Å². The van der Waals surface area contributed by atoms with Crippen LogP contribution in [0.2, 0.25) is 0 Å². The first kappa shape index (κ1) is 25.9. The summed E-state index contributed by atoms with van der Waals surface area (Å²) in [5, 5.41) is 9.04. The molecule has 10 heteroatoms. The number of hydrogen-bond donors (Lipinski definition) is 3. The molecule has 0 unspecified atom stereocenters. The largest absolute Gasteiger partial charge is 0.465 e. The number of carbonyl (C=O) groups is 2. The number of urea groups is 1. The van der Waals surface area contributed by atoms with Gasteiger partial charge in [-0.05, 0) is 56.7 Å². The fourth-order valence-electron chi connectivity index (χ4n) is 4.14. The van der Waals surface area contributed by atoms with Crippen molar-refractivity contribution >= 4 is 40.7 Å². The summed E-state index contributed by atoms with van der Waals surface area (Å²) in [7, 11) is 0. The molecule has 1 saturated heterocycles. The highest BCUT2D eigenvalue weighted by Gasteiger charge is 2.21. The number of benzene rings is 2. The van der Waals surface area contributed by atoms with Gasteiger partial charge in [0.25, 0.3) is 0 Å². The topological polar surface area (TPSA) is 112 Å². The summed E-state index contributed by atoms with van der Waals surface area (Å²) in [6.45, 7) is 9.37. The van der Waals surface area contributed by atoms with Crippen LogP contribution in [0.3, 0.4) is 0 Å². The predicted octanol–water partition coefficient (Wildman–Crippen LogP) is 4.17. The average Bonchev–Trinajstić information content (AvgIpc) is 2.84. The lowest BCUT2D eigenvalue weighted by atomic mass is 10.2. The minimum Gasteiger partial charge on any atom is -0.465 e. The molecule has 0 radical (unpaired) electrons. The summed E-state index contributed by atoms with van der Waals surface area (Å²) in [6, 6.07) is 16.7. The molecule has 1 fully saturated rings. The van der Waals surface area contributed by atoms with E-state index >= 15 is 0 Å². The number of esters is 1. The van der Waals surface area contributed by atoms with Gasteiger partial charge < -0.3 is 25.6 Å². The van der Waals surface area contributed by atoms with Gasteiger partial charge in [-0.1, -0.05) is 18.2 Å². The van der Waals surface area contributed by atoms with Crippen LogP contribution in [0.1, 0.15) is 18.3 Å². The molecule has 2 aromatic carbocycles. The second kappa shape index (κ2) is 12.2. The Kier molecular flexibility index (Phi) is 8.52. The molecule has 10 nitrogen and oxygen atoms in total. The van der Waals surface area contributed by atoms with Crippen molar-refractivity contribution in [1.82, 2.24) is 14.9 Å². The van der Waals surface area contributed by atoms with Crippen LogP contribution in [0.4, 0.5) is 33.5 Å². The lowest BCUT2D eigenvalue weighted by Crippen LogP contribution is -2.48. The number of piperazine rings is 1. The van der Waals surface area contributed by atoms with E-state index in [0.717, 1.165) is 48.9 Å². The molecule has 4 rings (SSSR count). The van der Waals surface area contributed by atoms with E-state index in [0.29, 0.717) is 30.5 Å². The highest BCUT2D eigenvalue weighted by molar-refractivity contribution is 6.00. The summed E-state index contributed by atoms with van der Waals surface area (Å²) < 4.78 is 5.05. The summed E-state index contributed by atoms with van der Waals surface area (Å²) in [5.74, 6) is 1.96. The second-order valence-electron chi connectivity index (χ2n) is 8.88. The first-order valence-electron chi connectivity index (χ1n) is 12.4. The van der Waals surface area contributed by atoms with E-state index in [-0.39, 0.29) is 12.0 Å². The highest BCUT2D eigenvalue weighted by Crippen LogP contribution is 2.23. The van der Waals surface area contributed by atoms with E-state index in [9.17, 15) is 9.59 Å². The lowest BCUT2D eigenvalue weighted by Gasteiger charge is -2.35. The van der Waals surface area contributed by atoms with Crippen LogP contribution in [0.15, 0.2) is 54.6 Å². The minimum atomic E-state index is -0.315. The van der Waals surface area contributed by atoms with Crippen LogP contribution in [0.5, 0.6) is 0 Å². The Labute approximate surface area is 217 Å². The van der Waals surface area contributed by atoms with Crippen molar-refractivity contribution < 1.29 is 14.3 Å². The maximum absolute atomic E-state index is 12.4. The number of hydrogen-bond acceptors (Lipinski definition) is 8. The van der Waals surface area contributed by atoms with Crippen LogP contribution in [0.25, 0.3) is 0 Å². The molecule has 0 spiro atoms. The Morgan fingerprint density at radius 3 is 2.27 bits per heavy atom. The van der Waals surface area contributed by atoms with E-state index in [1.165, 1.54) is 0 Å². The van der Waals surface area contributed by atoms with Gasteiger partial charge in [0.2, 0.25) is 0 Å².